The van der Waals surface area contributed by atoms with E-state index in [9.17, 15) is 14.4 Å². The lowest BCUT2D eigenvalue weighted by atomic mass is 10.1. The van der Waals surface area contributed by atoms with Crippen LogP contribution in [0.1, 0.15) is 31.3 Å². The first-order valence-corrected chi connectivity index (χ1v) is 9.32. The highest BCUT2D eigenvalue weighted by molar-refractivity contribution is 6.33. The van der Waals surface area contributed by atoms with Crippen molar-refractivity contribution in [3.8, 4) is 0 Å². The summed E-state index contributed by atoms with van der Waals surface area (Å²) in [6, 6.07) is 13.3. The fourth-order valence-corrected chi connectivity index (χ4v) is 3.32. The summed E-state index contributed by atoms with van der Waals surface area (Å²) in [4.78, 5) is 49.6. The van der Waals surface area contributed by atoms with E-state index in [-0.39, 0.29) is 17.3 Å². The Hall–Kier alpha value is -4.13. The highest BCUT2D eigenvalue weighted by Crippen LogP contribution is 2.28. The van der Waals surface area contributed by atoms with E-state index in [1.807, 2.05) is 0 Å². The molecule has 0 atom stereocenters. The number of rotatable bonds is 6. The Morgan fingerprint density at radius 3 is 1.83 bits per heavy atom. The summed E-state index contributed by atoms with van der Waals surface area (Å²) in [5, 5.41) is 0. The minimum atomic E-state index is -0.535. The fraction of sp³-hybridized carbons (Fsp3) is 0.0870. The van der Waals surface area contributed by atoms with E-state index in [4.69, 9.17) is 0 Å². The molecular formula is C23H18N4O3. The number of aromatic nitrogens is 2. The second-order valence-electron chi connectivity index (χ2n) is 6.69. The van der Waals surface area contributed by atoms with Gasteiger partial charge in [-0.1, -0.05) is 24.3 Å². The van der Waals surface area contributed by atoms with Crippen LogP contribution in [0.25, 0.3) is 11.0 Å². The first-order chi connectivity index (χ1) is 14.5. The van der Waals surface area contributed by atoms with Crippen LogP contribution in [0.2, 0.25) is 0 Å². The molecule has 0 aliphatic carbocycles. The van der Waals surface area contributed by atoms with E-state index in [0.717, 1.165) is 4.90 Å². The van der Waals surface area contributed by atoms with Crippen molar-refractivity contribution < 1.29 is 14.4 Å². The molecule has 2 heterocycles. The number of carbonyl (C=O) groups is 3. The van der Waals surface area contributed by atoms with Gasteiger partial charge in [-0.3, -0.25) is 14.4 Å². The van der Waals surface area contributed by atoms with Gasteiger partial charge in [0, 0.05) is 18.7 Å². The third-order valence-electron chi connectivity index (χ3n) is 4.74. The Morgan fingerprint density at radius 2 is 1.37 bits per heavy atom. The largest absolute Gasteiger partial charge is 0.331 e. The molecule has 0 bridgehead atoms. The van der Waals surface area contributed by atoms with Gasteiger partial charge in [-0.15, -0.1) is 13.2 Å². The van der Waals surface area contributed by atoms with Gasteiger partial charge < -0.3 is 4.90 Å². The Bertz CT molecular complexity index is 1140. The van der Waals surface area contributed by atoms with Gasteiger partial charge in [-0.25, -0.2) is 14.9 Å². The van der Waals surface area contributed by atoms with Gasteiger partial charge in [0.2, 0.25) is 0 Å². The molecule has 7 nitrogen and oxygen atoms in total. The van der Waals surface area contributed by atoms with E-state index >= 15 is 0 Å². The third kappa shape index (κ3) is 3.16. The maximum atomic E-state index is 12.9. The van der Waals surface area contributed by atoms with Gasteiger partial charge in [0.15, 0.2) is 11.4 Å². The van der Waals surface area contributed by atoms with Crippen molar-refractivity contribution in [2.45, 2.75) is 0 Å². The van der Waals surface area contributed by atoms with Crippen LogP contribution in [0.3, 0.4) is 0 Å². The number of anilines is 1. The van der Waals surface area contributed by atoms with Gasteiger partial charge in [0.25, 0.3) is 17.7 Å². The van der Waals surface area contributed by atoms with Crippen LogP contribution < -0.4 is 4.90 Å². The molecule has 0 fully saturated rings. The molecule has 1 aliphatic rings. The number of hydrogen-bond donors (Lipinski definition) is 0. The summed E-state index contributed by atoms with van der Waals surface area (Å²) in [5.74, 6) is -1.27. The quantitative estimate of drug-likeness (QED) is 0.470. The number of fused-ring (bicyclic) bond motifs is 2. The van der Waals surface area contributed by atoms with Crippen LogP contribution >= 0.6 is 0 Å². The van der Waals surface area contributed by atoms with Crippen molar-refractivity contribution in [1.29, 1.82) is 0 Å². The Kier molecular flexibility index (Phi) is 4.93. The summed E-state index contributed by atoms with van der Waals surface area (Å²) >= 11 is 0. The first-order valence-electron chi connectivity index (χ1n) is 9.32. The molecule has 2 aromatic carbocycles. The minimum Gasteiger partial charge on any atom is -0.331 e. The summed E-state index contributed by atoms with van der Waals surface area (Å²) in [5.41, 5.74) is 1.93. The van der Waals surface area contributed by atoms with Gasteiger partial charge in [-0.05, 0) is 36.4 Å². The van der Waals surface area contributed by atoms with Gasteiger partial charge >= 0.3 is 0 Å². The molecule has 0 radical (unpaired) electrons. The summed E-state index contributed by atoms with van der Waals surface area (Å²) in [7, 11) is 0. The maximum absolute atomic E-state index is 12.9. The average molecular weight is 398 g/mol. The zero-order chi connectivity index (χ0) is 21.3. The lowest BCUT2D eigenvalue weighted by molar-refractivity contribution is 0.0790. The molecule has 0 spiro atoms. The summed E-state index contributed by atoms with van der Waals surface area (Å²) in [6.07, 6.45) is 3.27. The van der Waals surface area contributed by atoms with Crippen LogP contribution in [0.5, 0.6) is 0 Å². The van der Waals surface area contributed by atoms with Crippen LogP contribution in [0.15, 0.2) is 73.8 Å². The van der Waals surface area contributed by atoms with Crippen molar-refractivity contribution in [2.24, 2.45) is 0 Å². The smallest absolute Gasteiger partial charge is 0.286 e. The van der Waals surface area contributed by atoms with Crippen molar-refractivity contribution in [3.63, 3.8) is 0 Å². The third-order valence-corrected chi connectivity index (χ3v) is 4.74. The van der Waals surface area contributed by atoms with Gasteiger partial charge in [0.05, 0.1) is 16.7 Å². The van der Waals surface area contributed by atoms with Crippen LogP contribution in [-0.4, -0.2) is 45.7 Å². The molecule has 1 aromatic heterocycles. The predicted molar refractivity (Wildman–Crippen MR) is 113 cm³/mol. The summed E-state index contributed by atoms with van der Waals surface area (Å²) in [6.45, 7) is 8.09. The number of amides is 3. The molecule has 148 valence electrons. The first kappa shape index (κ1) is 19.2. The van der Waals surface area contributed by atoms with Crippen molar-refractivity contribution in [2.75, 3.05) is 18.0 Å². The molecule has 4 rings (SSSR count). The second-order valence-corrected chi connectivity index (χ2v) is 6.69. The molecule has 3 aromatic rings. The normalized spacial score (nSPS) is 12.7. The van der Waals surface area contributed by atoms with Crippen LogP contribution in [0.4, 0.5) is 5.69 Å². The molecule has 0 saturated carbocycles. The molecule has 3 amide bonds. The van der Waals surface area contributed by atoms with Gasteiger partial charge in [-0.2, -0.15) is 0 Å². The minimum absolute atomic E-state index is 0.0296. The second kappa shape index (κ2) is 7.71. The van der Waals surface area contributed by atoms with Crippen molar-refractivity contribution in [3.05, 3.63) is 90.8 Å². The maximum Gasteiger partial charge on any atom is 0.286 e. The molecule has 30 heavy (non-hydrogen) atoms. The molecule has 0 saturated heterocycles. The monoisotopic (exact) mass is 398 g/mol. The highest BCUT2D eigenvalue weighted by Gasteiger charge is 2.40. The molecule has 7 heteroatoms. The Morgan fingerprint density at radius 1 is 0.867 bits per heavy atom. The number of hydrogen-bond acceptors (Lipinski definition) is 5. The van der Waals surface area contributed by atoms with Crippen molar-refractivity contribution >= 4 is 34.4 Å². The van der Waals surface area contributed by atoms with Crippen molar-refractivity contribution in [1.82, 2.24) is 14.9 Å². The predicted octanol–water partition coefficient (Wildman–Crippen LogP) is 3.24. The van der Waals surface area contributed by atoms with Gasteiger partial charge in [0.1, 0.15) is 0 Å². The highest BCUT2D eigenvalue weighted by atomic mass is 16.2. The number of benzene rings is 2. The lowest BCUT2D eigenvalue weighted by Crippen LogP contribution is -2.32. The van der Waals surface area contributed by atoms with Crippen LogP contribution in [0, 0.1) is 0 Å². The molecule has 0 unspecified atom stereocenters. The Labute approximate surface area is 173 Å². The van der Waals surface area contributed by atoms with E-state index in [1.54, 1.807) is 65.6 Å². The van der Waals surface area contributed by atoms with E-state index < -0.39 is 11.8 Å². The molecular weight excluding hydrogens is 380 g/mol. The SMILES string of the molecule is C=CCN(CC=C)C(=O)c1ccc(N2C(=O)c3nc4ccccc4nc3C2=O)cc1. The average Bonchev–Trinajstić information content (AvgIpc) is 3.01. The molecule has 1 aliphatic heterocycles. The number of nitrogens with zero attached hydrogens (tertiary/aromatic N) is 4. The number of carbonyl (C=O) groups excluding carboxylic acids is 3. The Balaban J connectivity index is 1.64. The fourth-order valence-electron chi connectivity index (χ4n) is 3.32. The van der Waals surface area contributed by atoms with E-state index in [1.165, 1.54) is 0 Å². The van der Waals surface area contributed by atoms with E-state index in [2.05, 4.69) is 23.1 Å². The number of imide groups is 1. The van der Waals surface area contributed by atoms with Crippen LogP contribution in [-0.2, 0) is 0 Å². The number of para-hydroxylation sites is 2. The van der Waals surface area contributed by atoms with E-state index in [0.29, 0.717) is 35.4 Å². The summed E-state index contributed by atoms with van der Waals surface area (Å²) < 4.78 is 0. The molecule has 0 N–H and O–H groups in total. The zero-order valence-electron chi connectivity index (χ0n) is 16.1. The lowest BCUT2D eigenvalue weighted by Gasteiger charge is -2.20. The standard InChI is InChI=1S/C23H18N4O3/c1-3-13-26(14-4-2)21(28)15-9-11-16(12-10-15)27-22(29)19-20(23(27)30)25-18-8-6-5-7-17(18)24-19/h3-12H,1-2,13-14H2. The zero-order valence-corrected chi connectivity index (χ0v) is 16.1. The topological polar surface area (TPSA) is 83.5 Å².